The van der Waals surface area contributed by atoms with Gasteiger partial charge in [-0.1, -0.05) is 54.6 Å². The maximum atomic E-state index is 11.0. The van der Waals surface area contributed by atoms with E-state index in [0.717, 1.165) is 11.1 Å². The minimum absolute atomic E-state index is 0.292. The Labute approximate surface area is 123 Å². The van der Waals surface area contributed by atoms with Gasteiger partial charge in [-0.25, -0.2) is 5.48 Å². The van der Waals surface area contributed by atoms with Gasteiger partial charge in [-0.05, 0) is 34.4 Å². The highest BCUT2D eigenvalue weighted by Crippen LogP contribution is 2.35. The van der Waals surface area contributed by atoms with Gasteiger partial charge in [0, 0.05) is 12.0 Å². The van der Waals surface area contributed by atoms with E-state index in [4.69, 9.17) is 5.21 Å². The molecule has 0 radical (unpaired) electrons. The summed E-state index contributed by atoms with van der Waals surface area (Å²) in [7, 11) is 0. The molecule has 0 spiro atoms. The molecule has 0 saturated heterocycles. The van der Waals surface area contributed by atoms with Gasteiger partial charge >= 0.3 is 0 Å². The summed E-state index contributed by atoms with van der Waals surface area (Å²) in [5, 5.41) is 8.47. The van der Waals surface area contributed by atoms with Crippen LogP contribution in [0.4, 0.5) is 0 Å². The van der Waals surface area contributed by atoms with Crippen molar-refractivity contribution in [1.82, 2.24) is 5.48 Å². The lowest BCUT2D eigenvalue weighted by atomic mass is 9.92. The molecule has 0 saturated carbocycles. The number of rotatable bonds is 3. The van der Waals surface area contributed by atoms with Crippen LogP contribution in [-0.2, 0) is 4.79 Å². The van der Waals surface area contributed by atoms with Crippen LogP contribution in [0.5, 0.6) is 0 Å². The van der Waals surface area contributed by atoms with Crippen molar-refractivity contribution in [2.24, 2.45) is 0 Å². The number of hydrogen-bond acceptors (Lipinski definition) is 2. The molecule has 104 valence electrons. The molecular weight excluding hydrogens is 262 g/mol. The molecule has 2 aromatic carbocycles. The zero-order valence-electron chi connectivity index (χ0n) is 11.4. The van der Waals surface area contributed by atoms with Crippen LogP contribution in [0.1, 0.15) is 28.2 Å². The first-order valence-electron chi connectivity index (χ1n) is 6.77. The van der Waals surface area contributed by atoms with E-state index in [1.54, 1.807) is 11.6 Å². The van der Waals surface area contributed by atoms with Crippen LogP contribution >= 0.6 is 0 Å². The average molecular weight is 277 g/mol. The number of amides is 1. The van der Waals surface area contributed by atoms with E-state index in [-0.39, 0.29) is 0 Å². The minimum Gasteiger partial charge on any atom is -0.288 e. The van der Waals surface area contributed by atoms with Crippen LogP contribution in [0.15, 0.2) is 60.7 Å². The lowest BCUT2D eigenvalue weighted by molar-refractivity contribution is -0.124. The standard InChI is InChI=1S/C18H15NO2/c20-18(19-21)11-7-13-6-9-17-15(12-13)8-10-16(17)14-4-2-1-3-5-14/h1-12,16,21H,(H,19,20)/b11-7+. The van der Waals surface area contributed by atoms with Crippen molar-refractivity contribution in [3.8, 4) is 0 Å². The zero-order chi connectivity index (χ0) is 14.7. The number of carbonyl (C=O) groups excluding carboxylic acids is 1. The summed E-state index contributed by atoms with van der Waals surface area (Å²) in [6.07, 6.45) is 7.27. The molecular formula is C18H15NO2. The van der Waals surface area contributed by atoms with Gasteiger partial charge in [0.05, 0.1) is 0 Å². The molecule has 2 aromatic rings. The fraction of sp³-hybridized carbons (Fsp3) is 0.0556. The summed E-state index contributed by atoms with van der Waals surface area (Å²) < 4.78 is 0. The smallest absolute Gasteiger partial charge is 0.267 e. The largest absolute Gasteiger partial charge is 0.288 e. The van der Waals surface area contributed by atoms with Crippen molar-refractivity contribution in [3.05, 3.63) is 82.9 Å². The topological polar surface area (TPSA) is 49.3 Å². The van der Waals surface area contributed by atoms with Gasteiger partial charge in [0.1, 0.15) is 0 Å². The maximum absolute atomic E-state index is 11.0. The van der Waals surface area contributed by atoms with Gasteiger partial charge < -0.3 is 0 Å². The van der Waals surface area contributed by atoms with Gasteiger partial charge in [-0.15, -0.1) is 0 Å². The average Bonchev–Trinajstić information content (AvgIpc) is 2.96. The van der Waals surface area contributed by atoms with Crippen LogP contribution in [0, 0.1) is 0 Å². The first-order valence-corrected chi connectivity index (χ1v) is 6.77. The molecule has 3 nitrogen and oxygen atoms in total. The van der Waals surface area contributed by atoms with Crippen LogP contribution in [0.2, 0.25) is 0 Å². The van der Waals surface area contributed by atoms with Crippen molar-refractivity contribution in [1.29, 1.82) is 0 Å². The molecule has 21 heavy (non-hydrogen) atoms. The monoisotopic (exact) mass is 277 g/mol. The van der Waals surface area contributed by atoms with Gasteiger partial charge in [-0.2, -0.15) is 0 Å². The van der Waals surface area contributed by atoms with E-state index in [1.165, 1.54) is 17.2 Å². The lowest BCUT2D eigenvalue weighted by Crippen LogP contribution is -2.14. The Morgan fingerprint density at radius 3 is 2.71 bits per heavy atom. The highest BCUT2D eigenvalue weighted by atomic mass is 16.5. The lowest BCUT2D eigenvalue weighted by Gasteiger charge is -2.11. The molecule has 1 unspecified atom stereocenters. The quantitative estimate of drug-likeness (QED) is 0.513. The third-order valence-electron chi connectivity index (χ3n) is 3.61. The summed E-state index contributed by atoms with van der Waals surface area (Å²) >= 11 is 0. The van der Waals surface area contributed by atoms with Crippen molar-refractivity contribution >= 4 is 18.1 Å². The first kappa shape index (κ1) is 13.3. The Kier molecular flexibility index (Phi) is 3.67. The van der Waals surface area contributed by atoms with E-state index < -0.39 is 5.91 Å². The highest BCUT2D eigenvalue weighted by molar-refractivity contribution is 5.91. The number of nitrogens with one attached hydrogen (secondary N) is 1. The molecule has 0 aliphatic heterocycles. The van der Waals surface area contributed by atoms with Crippen LogP contribution in [0.25, 0.3) is 12.2 Å². The summed E-state index contributed by atoms with van der Waals surface area (Å²) in [5.41, 5.74) is 6.21. The molecule has 1 atom stereocenters. The van der Waals surface area contributed by atoms with E-state index in [9.17, 15) is 4.79 Å². The molecule has 1 amide bonds. The van der Waals surface area contributed by atoms with Crippen molar-refractivity contribution in [2.75, 3.05) is 0 Å². The molecule has 0 heterocycles. The summed E-state index contributed by atoms with van der Waals surface area (Å²) in [6, 6.07) is 16.5. The van der Waals surface area contributed by atoms with Gasteiger partial charge in [-0.3, -0.25) is 10.0 Å². The number of allylic oxidation sites excluding steroid dienone is 1. The summed E-state index contributed by atoms with van der Waals surface area (Å²) in [5.74, 6) is -0.242. The number of fused-ring (bicyclic) bond motifs is 1. The summed E-state index contributed by atoms with van der Waals surface area (Å²) in [4.78, 5) is 11.0. The number of benzene rings is 2. The second-order valence-corrected chi connectivity index (χ2v) is 4.95. The predicted octanol–water partition coefficient (Wildman–Crippen LogP) is 3.36. The molecule has 0 aromatic heterocycles. The van der Waals surface area contributed by atoms with Gasteiger partial charge in [0.15, 0.2) is 0 Å². The Bertz CT molecular complexity index is 717. The fourth-order valence-electron chi connectivity index (χ4n) is 2.59. The minimum atomic E-state index is -0.534. The van der Waals surface area contributed by atoms with Crippen molar-refractivity contribution < 1.29 is 10.0 Å². The molecule has 3 rings (SSSR count). The van der Waals surface area contributed by atoms with E-state index in [0.29, 0.717) is 5.92 Å². The SMILES string of the molecule is O=C(/C=C/c1ccc2c(c1)C=CC2c1ccccc1)NO. The number of hydrogen-bond donors (Lipinski definition) is 2. The van der Waals surface area contributed by atoms with E-state index >= 15 is 0 Å². The molecule has 1 aliphatic carbocycles. The normalized spacial score (nSPS) is 16.1. The zero-order valence-corrected chi connectivity index (χ0v) is 11.4. The van der Waals surface area contributed by atoms with Gasteiger partial charge in [0.2, 0.25) is 0 Å². The first-order chi connectivity index (χ1) is 10.3. The molecule has 0 fully saturated rings. The number of carbonyl (C=O) groups is 1. The highest BCUT2D eigenvalue weighted by Gasteiger charge is 2.18. The Balaban J connectivity index is 1.88. The van der Waals surface area contributed by atoms with Gasteiger partial charge in [0.25, 0.3) is 5.91 Å². The Morgan fingerprint density at radius 2 is 1.95 bits per heavy atom. The summed E-state index contributed by atoms with van der Waals surface area (Å²) in [6.45, 7) is 0. The predicted molar refractivity (Wildman–Crippen MR) is 82.7 cm³/mol. The van der Waals surface area contributed by atoms with Crippen LogP contribution < -0.4 is 5.48 Å². The van der Waals surface area contributed by atoms with Crippen molar-refractivity contribution in [2.45, 2.75) is 5.92 Å². The third kappa shape index (κ3) is 2.78. The molecule has 0 bridgehead atoms. The van der Waals surface area contributed by atoms with E-state index in [2.05, 4.69) is 30.4 Å². The van der Waals surface area contributed by atoms with Crippen LogP contribution in [-0.4, -0.2) is 11.1 Å². The second-order valence-electron chi connectivity index (χ2n) is 4.95. The second kappa shape index (κ2) is 5.77. The van der Waals surface area contributed by atoms with E-state index in [1.807, 2.05) is 30.3 Å². The van der Waals surface area contributed by atoms with Crippen LogP contribution in [0.3, 0.4) is 0 Å². The third-order valence-corrected chi connectivity index (χ3v) is 3.61. The maximum Gasteiger partial charge on any atom is 0.267 e. The Hall–Kier alpha value is -2.65. The Morgan fingerprint density at radius 1 is 1.14 bits per heavy atom. The van der Waals surface area contributed by atoms with Crippen molar-refractivity contribution in [3.63, 3.8) is 0 Å². The fourth-order valence-corrected chi connectivity index (χ4v) is 2.59. The molecule has 3 heteroatoms. The molecule has 2 N–H and O–H groups in total. The molecule has 1 aliphatic rings. The number of hydroxylamine groups is 1.